The van der Waals surface area contributed by atoms with E-state index in [2.05, 4.69) is 81.1 Å². The Balaban J connectivity index is 0.000000200. The van der Waals surface area contributed by atoms with Crippen LogP contribution in [0.25, 0.3) is 60.6 Å². The van der Waals surface area contributed by atoms with Crippen molar-refractivity contribution < 1.29 is 25.6 Å². The van der Waals surface area contributed by atoms with Gasteiger partial charge >= 0.3 is 0 Å². The Bertz CT molecular complexity index is 2480. The Morgan fingerprint density at radius 2 is 1.19 bits per heavy atom. The molecule has 0 fully saturated rings. The third kappa shape index (κ3) is 6.92. The first kappa shape index (κ1) is 28.6. The molecule has 0 aliphatic heterocycles. The number of para-hydroxylation sites is 2. The second-order valence-electron chi connectivity index (χ2n) is 14.1. The molecule has 4 heterocycles. The Kier molecular flexibility index (Phi) is 7.91. The Labute approximate surface area is 303 Å². The smallest absolute Gasteiger partial charge is 0.0523 e. The standard InChI is InChI=1S/C28H23N2.C16H18N.Ir/c1-28(2,3)16-18-11-14-24(29-17-18)19-12-13-21-23-9-6-8-22-20-7-4-5-10-25(20)30(27(22)23)26(21)15-19;1-16(2,3)11-13-9-10-15(17-12-13)14-7-5-4-6-8-14;/h4-11,13-15,17H,16H2,1-3H3;4-7,9-10,12H,11H2,1-3H3;/q2*-1;/i16D2;11D2;. The van der Waals surface area contributed by atoms with E-state index in [9.17, 15) is 0 Å². The van der Waals surface area contributed by atoms with Crippen LogP contribution in [0.3, 0.4) is 0 Å². The summed E-state index contributed by atoms with van der Waals surface area (Å²) in [6.45, 7) is 11.4. The molecule has 0 unspecified atom stereocenters. The number of pyridine rings is 2. The summed E-state index contributed by atoms with van der Waals surface area (Å²) < 4.78 is 35.8. The SMILES string of the molecule is [2H]C([2H])(c1ccc(-c2[c-]cc3c4cccc5c6ccccc6n(c3c2)c54)nc1)C(C)(C)C.[2H]C([2H])(c1ccc(-c2[c-]cccc2)nc1)C(C)(C)C.[Ir]. The first-order valence-electron chi connectivity index (χ1n) is 18.1. The van der Waals surface area contributed by atoms with E-state index < -0.39 is 23.6 Å². The summed E-state index contributed by atoms with van der Waals surface area (Å²) in [7, 11) is 0. The van der Waals surface area contributed by atoms with Gasteiger partial charge in [0.2, 0.25) is 0 Å². The largest absolute Gasteiger partial charge is 0.327 e. The number of hydrogen-bond acceptors (Lipinski definition) is 2. The summed E-state index contributed by atoms with van der Waals surface area (Å²) in [4.78, 5) is 8.98. The van der Waals surface area contributed by atoms with Gasteiger partial charge in [0.05, 0.1) is 11.0 Å². The van der Waals surface area contributed by atoms with Crippen molar-refractivity contribution in [3.05, 3.63) is 139 Å². The first-order valence-corrected chi connectivity index (χ1v) is 16.1. The van der Waals surface area contributed by atoms with Gasteiger partial charge in [0, 0.05) is 48.8 Å². The van der Waals surface area contributed by atoms with Crippen LogP contribution < -0.4 is 0 Å². The summed E-state index contributed by atoms with van der Waals surface area (Å²) >= 11 is 0. The van der Waals surface area contributed by atoms with Gasteiger partial charge in [0.15, 0.2) is 0 Å². The molecule has 0 spiro atoms. The molecule has 0 saturated carbocycles. The van der Waals surface area contributed by atoms with Crippen LogP contribution in [0.4, 0.5) is 0 Å². The van der Waals surface area contributed by atoms with Gasteiger partial charge in [-0.25, -0.2) is 0 Å². The molecule has 1 radical (unpaired) electrons. The van der Waals surface area contributed by atoms with E-state index in [1.807, 2.05) is 90.1 Å². The van der Waals surface area contributed by atoms with E-state index in [1.54, 1.807) is 12.4 Å². The van der Waals surface area contributed by atoms with Crippen LogP contribution in [0.5, 0.6) is 0 Å². The average molecular weight is 808 g/mol. The van der Waals surface area contributed by atoms with Gasteiger partial charge in [0.25, 0.3) is 0 Å². The third-order valence-corrected chi connectivity index (χ3v) is 7.98. The van der Waals surface area contributed by atoms with Crippen LogP contribution in [-0.4, -0.2) is 14.4 Å². The molecule has 0 amide bonds. The second kappa shape index (κ2) is 13.3. The molecule has 4 aromatic heterocycles. The number of fused-ring (bicyclic) bond motifs is 6. The zero-order chi connectivity index (χ0) is 36.3. The minimum Gasteiger partial charge on any atom is -0.327 e. The van der Waals surface area contributed by atoms with Crippen LogP contribution in [0, 0.1) is 23.0 Å². The zero-order valence-electron chi connectivity index (χ0n) is 32.1. The monoisotopic (exact) mass is 808 g/mol. The molecular weight excluding hydrogens is 763 g/mol. The normalized spacial score (nSPS) is 13.8. The minimum atomic E-state index is -1.46. The Hall–Kier alpha value is -4.37. The maximum Gasteiger partial charge on any atom is 0.0523 e. The fourth-order valence-corrected chi connectivity index (χ4v) is 6.19. The summed E-state index contributed by atoms with van der Waals surface area (Å²) in [5.41, 5.74) is 7.26. The first-order chi connectivity index (χ1) is 24.1. The van der Waals surface area contributed by atoms with Gasteiger partial charge in [0.1, 0.15) is 0 Å². The molecule has 0 aliphatic carbocycles. The van der Waals surface area contributed by atoms with Crippen molar-refractivity contribution in [3.63, 3.8) is 0 Å². The molecule has 8 aromatic rings. The van der Waals surface area contributed by atoms with Crippen LogP contribution in [-0.2, 0) is 32.9 Å². The maximum absolute atomic E-state index is 8.51. The van der Waals surface area contributed by atoms with Crippen LogP contribution in [0.2, 0.25) is 0 Å². The third-order valence-electron chi connectivity index (χ3n) is 7.98. The molecule has 0 bridgehead atoms. The number of rotatable bonds is 4. The van der Waals surface area contributed by atoms with Crippen molar-refractivity contribution in [2.45, 2.75) is 54.3 Å². The predicted molar refractivity (Wildman–Crippen MR) is 198 cm³/mol. The van der Waals surface area contributed by atoms with Crippen molar-refractivity contribution in [1.29, 1.82) is 0 Å². The maximum atomic E-state index is 8.51. The van der Waals surface area contributed by atoms with Gasteiger partial charge in [-0.3, -0.25) is 0 Å². The van der Waals surface area contributed by atoms with E-state index in [-0.39, 0.29) is 20.1 Å². The van der Waals surface area contributed by atoms with Crippen LogP contribution in [0.1, 0.15) is 58.2 Å². The fraction of sp³-hybridized carbons (Fsp3) is 0.227. The van der Waals surface area contributed by atoms with Crippen LogP contribution >= 0.6 is 0 Å². The van der Waals surface area contributed by atoms with Crippen molar-refractivity contribution >= 4 is 38.1 Å². The number of nitrogens with zero attached hydrogens (tertiary/aromatic N) is 3. The molecular formula is C44H41IrN3-2. The molecule has 0 saturated heterocycles. The predicted octanol–water partition coefficient (Wildman–Crippen LogP) is 11.4. The summed E-state index contributed by atoms with van der Waals surface area (Å²) in [6.07, 6.45) is 0.428. The van der Waals surface area contributed by atoms with Gasteiger partial charge in [-0.15, -0.1) is 59.7 Å². The quantitative estimate of drug-likeness (QED) is 0.166. The van der Waals surface area contributed by atoms with E-state index in [1.165, 1.54) is 32.6 Å². The van der Waals surface area contributed by atoms with E-state index in [0.29, 0.717) is 11.1 Å². The molecule has 48 heavy (non-hydrogen) atoms. The van der Waals surface area contributed by atoms with Crippen molar-refractivity contribution in [2.24, 2.45) is 10.8 Å². The Morgan fingerprint density at radius 3 is 1.77 bits per heavy atom. The van der Waals surface area contributed by atoms with Gasteiger partial charge in [-0.2, -0.15) is 0 Å². The van der Waals surface area contributed by atoms with Gasteiger partial charge in [-0.05, 0) is 63.1 Å². The minimum absolute atomic E-state index is 0. The molecule has 3 nitrogen and oxygen atoms in total. The van der Waals surface area contributed by atoms with Crippen molar-refractivity contribution in [3.8, 4) is 22.5 Å². The fourth-order valence-electron chi connectivity index (χ4n) is 6.19. The van der Waals surface area contributed by atoms with Gasteiger partial charge < -0.3 is 14.4 Å². The van der Waals surface area contributed by atoms with E-state index in [0.717, 1.165) is 28.0 Å². The van der Waals surface area contributed by atoms with Gasteiger partial charge in [-0.1, -0.05) is 108 Å². The number of aromatic nitrogens is 3. The molecule has 8 rings (SSSR count). The summed E-state index contributed by atoms with van der Waals surface area (Å²) in [6, 6.07) is 40.8. The summed E-state index contributed by atoms with van der Waals surface area (Å²) in [5.74, 6) is 0. The second-order valence-corrected chi connectivity index (χ2v) is 14.1. The number of benzene rings is 4. The molecule has 0 aliphatic rings. The molecule has 4 heteroatoms. The van der Waals surface area contributed by atoms with Crippen molar-refractivity contribution in [2.75, 3.05) is 0 Å². The zero-order valence-corrected chi connectivity index (χ0v) is 30.5. The topological polar surface area (TPSA) is 30.2 Å². The Morgan fingerprint density at radius 1 is 0.604 bits per heavy atom. The molecule has 0 N–H and O–H groups in total. The molecule has 243 valence electrons. The molecule has 0 atom stereocenters. The molecule has 4 aromatic carbocycles. The van der Waals surface area contributed by atoms with E-state index in [4.69, 9.17) is 5.48 Å². The van der Waals surface area contributed by atoms with Crippen molar-refractivity contribution in [1.82, 2.24) is 14.4 Å². The number of hydrogen-bond donors (Lipinski definition) is 0. The van der Waals surface area contributed by atoms with E-state index >= 15 is 0 Å². The summed E-state index contributed by atoms with van der Waals surface area (Å²) in [5, 5.41) is 4.94. The average Bonchev–Trinajstić information content (AvgIpc) is 3.64. The van der Waals surface area contributed by atoms with Crippen LogP contribution in [0.15, 0.2) is 116 Å².